The number of benzene rings is 2. The van der Waals surface area contributed by atoms with Crippen molar-refractivity contribution in [1.82, 2.24) is 10.2 Å². The number of hydrogen-bond donors (Lipinski definition) is 1. The number of aliphatic imine (C=N–C) groups is 1. The topological polar surface area (TPSA) is 46.1 Å². The Morgan fingerprint density at radius 3 is 2.66 bits per heavy atom. The lowest BCUT2D eigenvalue weighted by molar-refractivity contribution is -0.0250. The zero-order valence-corrected chi connectivity index (χ0v) is 19.3. The summed E-state index contributed by atoms with van der Waals surface area (Å²) >= 11 is 0. The number of nitrogens with one attached hydrogen (secondary N) is 1. The summed E-state index contributed by atoms with van der Waals surface area (Å²) in [6.07, 6.45) is 3.58. The first-order chi connectivity index (χ1) is 15.8. The standard InChI is InChI=1S/C27H37N3O2/c1-2-28-27(29-18-25-14-9-17-32-26(25)24-12-7-4-8-13-24)30-16-15-23(19-30)21-31-20-22-10-5-3-6-11-22/h3-8,10-13,23,25-26H,2,9,14-21H2,1H3,(H,28,29). The lowest BCUT2D eigenvalue weighted by Gasteiger charge is -2.32. The highest BCUT2D eigenvalue weighted by Crippen LogP contribution is 2.33. The first-order valence-corrected chi connectivity index (χ1v) is 12.1. The van der Waals surface area contributed by atoms with Crippen LogP contribution in [0.2, 0.25) is 0 Å². The van der Waals surface area contributed by atoms with Crippen molar-refractivity contribution in [2.24, 2.45) is 16.8 Å². The van der Waals surface area contributed by atoms with Gasteiger partial charge in [0, 0.05) is 44.6 Å². The largest absolute Gasteiger partial charge is 0.376 e. The third-order valence-electron chi connectivity index (χ3n) is 6.43. The van der Waals surface area contributed by atoms with Crippen LogP contribution in [-0.4, -0.2) is 50.3 Å². The Kier molecular flexibility index (Phi) is 8.57. The van der Waals surface area contributed by atoms with E-state index in [0.29, 0.717) is 18.4 Å². The molecule has 172 valence electrons. The lowest BCUT2D eigenvalue weighted by Crippen LogP contribution is -2.41. The van der Waals surface area contributed by atoms with Gasteiger partial charge in [0.05, 0.1) is 19.3 Å². The number of hydrogen-bond acceptors (Lipinski definition) is 3. The van der Waals surface area contributed by atoms with Gasteiger partial charge in [-0.3, -0.25) is 4.99 Å². The maximum atomic E-state index is 6.17. The first-order valence-electron chi connectivity index (χ1n) is 12.1. The molecule has 2 aromatic rings. The summed E-state index contributed by atoms with van der Waals surface area (Å²) in [6, 6.07) is 21.0. The average molecular weight is 436 g/mol. The zero-order valence-electron chi connectivity index (χ0n) is 19.3. The zero-order chi connectivity index (χ0) is 22.0. The van der Waals surface area contributed by atoms with Crippen LogP contribution < -0.4 is 5.32 Å². The summed E-state index contributed by atoms with van der Waals surface area (Å²) in [5.74, 6) is 2.01. The highest BCUT2D eigenvalue weighted by atomic mass is 16.5. The maximum absolute atomic E-state index is 6.17. The fourth-order valence-corrected chi connectivity index (χ4v) is 4.75. The predicted molar refractivity (Wildman–Crippen MR) is 130 cm³/mol. The highest BCUT2D eigenvalue weighted by Gasteiger charge is 2.29. The van der Waals surface area contributed by atoms with E-state index in [9.17, 15) is 0 Å². The molecule has 1 N–H and O–H groups in total. The van der Waals surface area contributed by atoms with Gasteiger partial charge in [0.1, 0.15) is 0 Å². The molecule has 0 aliphatic carbocycles. The third-order valence-corrected chi connectivity index (χ3v) is 6.43. The van der Waals surface area contributed by atoms with Crippen LogP contribution in [0.3, 0.4) is 0 Å². The van der Waals surface area contributed by atoms with Gasteiger partial charge in [-0.2, -0.15) is 0 Å². The molecule has 5 nitrogen and oxygen atoms in total. The molecule has 2 aliphatic rings. The van der Waals surface area contributed by atoms with Crippen LogP contribution >= 0.6 is 0 Å². The van der Waals surface area contributed by atoms with E-state index in [1.54, 1.807) is 0 Å². The van der Waals surface area contributed by atoms with E-state index in [1.165, 1.54) is 17.5 Å². The Bertz CT molecular complexity index is 827. The van der Waals surface area contributed by atoms with Gasteiger partial charge in [-0.25, -0.2) is 0 Å². The monoisotopic (exact) mass is 435 g/mol. The summed E-state index contributed by atoms with van der Waals surface area (Å²) in [5, 5.41) is 3.52. The summed E-state index contributed by atoms with van der Waals surface area (Å²) in [7, 11) is 0. The van der Waals surface area contributed by atoms with E-state index in [4.69, 9.17) is 14.5 Å². The molecule has 4 rings (SSSR count). The van der Waals surface area contributed by atoms with Gasteiger partial charge in [0.15, 0.2) is 5.96 Å². The number of nitrogens with zero attached hydrogens (tertiary/aromatic N) is 2. The second kappa shape index (κ2) is 12.0. The molecule has 3 unspecified atom stereocenters. The minimum absolute atomic E-state index is 0.147. The number of ether oxygens (including phenoxy) is 2. The van der Waals surface area contributed by atoms with Gasteiger partial charge >= 0.3 is 0 Å². The van der Waals surface area contributed by atoms with Crippen molar-refractivity contribution in [2.45, 2.75) is 38.9 Å². The fourth-order valence-electron chi connectivity index (χ4n) is 4.75. The summed E-state index contributed by atoms with van der Waals surface area (Å²) in [4.78, 5) is 7.47. The second-order valence-electron chi connectivity index (χ2n) is 8.90. The Labute approximate surface area is 192 Å². The van der Waals surface area contributed by atoms with Crippen LogP contribution in [0.5, 0.6) is 0 Å². The molecular formula is C27H37N3O2. The van der Waals surface area contributed by atoms with E-state index < -0.39 is 0 Å². The van der Waals surface area contributed by atoms with Crippen LogP contribution in [0, 0.1) is 11.8 Å². The molecule has 0 saturated carbocycles. The molecule has 32 heavy (non-hydrogen) atoms. The van der Waals surface area contributed by atoms with Crippen molar-refractivity contribution in [3.63, 3.8) is 0 Å². The molecule has 0 spiro atoms. The molecule has 2 saturated heterocycles. The average Bonchev–Trinajstić information content (AvgIpc) is 3.32. The molecular weight excluding hydrogens is 398 g/mol. The van der Waals surface area contributed by atoms with Crippen molar-refractivity contribution < 1.29 is 9.47 Å². The SMILES string of the molecule is CCNC(=NCC1CCCOC1c1ccccc1)N1CCC(COCc2ccccc2)C1. The summed E-state index contributed by atoms with van der Waals surface area (Å²) in [5.41, 5.74) is 2.51. The molecule has 0 radical (unpaired) electrons. The van der Waals surface area contributed by atoms with Crippen molar-refractivity contribution in [3.8, 4) is 0 Å². The minimum atomic E-state index is 0.147. The highest BCUT2D eigenvalue weighted by molar-refractivity contribution is 5.80. The van der Waals surface area contributed by atoms with Crippen LogP contribution in [0.25, 0.3) is 0 Å². The van der Waals surface area contributed by atoms with Gasteiger partial charge < -0.3 is 19.7 Å². The third kappa shape index (κ3) is 6.33. The van der Waals surface area contributed by atoms with Crippen molar-refractivity contribution in [1.29, 1.82) is 0 Å². The fraction of sp³-hybridized carbons (Fsp3) is 0.519. The van der Waals surface area contributed by atoms with E-state index in [2.05, 4.69) is 71.7 Å². The molecule has 3 atom stereocenters. The summed E-state index contributed by atoms with van der Waals surface area (Å²) < 4.78 is 12.2. The lowest BCUT2D eigenvalue weighted by atomic mass is 9.89. The predicted octanol–water partition coefficient (Wildman–Crippen LogP) is 4.66. The van der Waals surface area contributed by atoms with Crippen molar-refractivity contribution >= 4 is 5.96 Å². The maximum Gasteiger partial charge on any atom is 0.193 e. The molecule has 2 heterocycles. The van der Waals surface area contributed by atoms with Gasteiger partial charge in [-0.15, -0.1) is 0 Å². The van der Waals surface area contributed by atoms with Gasteiger partial charge in [0.25, 0.3) is 0 Å². The van der Waals surface area contributed by atoms with Crippen molar-refractivity contribution in [3.05, 3.63) is 71.8 Å². The van der Waals surface area contributed by atoms with Crippen LogP contribution in [0.4, 0.5) is 0 Å². The van der Waals surface area contributed by atoms with E-state index >= 15 is 0 Å². The number of rotatable bonds is 8. The Morgan fingerprint density at radius 1 is 1.09 bits per heavy atom. The molecule has 2 aromatic carbocycles. The number of guanidine groups is 1. The Morgan fingerprint density at radius 2 is 1.88 bits per heavy atom. The molecule has 2 aliphatic heterocycles. The van der Waals surface area contributed by atoms with Crippen LogP contribution in [0.15, 0.2) is 65.7 Å². The minimum Gasteiger partial charge on any atom is -0.376 e. The smallest absolute Gasteiger partial charge is 0.193 e. The second-order valence-corrected chi connectivity index (χ2v) is 8.90. The molecule has 5 heteroatoms. The first kappa shape index (κ1) is 22.8. The van der Waals surface area contributed by atoms with E-state index in [-0.39, 0.29) is 6.10 Å². The molecule has 2 fully saturated rings. The molecule has 0 aromatic heterocycles. The molecule has 0 bridgehead atoms. The van der Waals surface area contributed by atoms with Gasteiger partial charge in [0.2, 0.25) is 0 Å². The van der Waals surface area contributed by atoms with E-state index in [1.807, 2.05) is 6.07 Å². The quantitative estimate of drug-likeness (QED) is 0.484. The Balaban J connectivity index is 1.31. The summed E-state index contributed by atoms with van der Waals surface area (Å²) in [6.45, 7) is 8.20. The van der Waals surface area contributed by atoms with E-state index in [0.717, 1.165) is 58.2 Å². The van der Waals surface area contributed by atoms with Crippen molar-refractivity contribution in [2.75, 3.05) is 39.4 Å². The molecule has 0 amide bonds. The van der Waals surface area contributed by atoms with Crippen LogP contribution in [0.1, 0.15) is 43.4 Å². The Hall–Kier alpha value is -2.37. The number of likely N-dealkylation sites (tertiary alicyclic amines) is 1. The normalized spacial score (nSPS) is 24.0. The van der Waals surface area contributed by atoms with Crippen LogP contribution in [-0.2, 0) is 16.1 Å². The van der Waals surface area contributed by atoms with Gasteiger partial charge in [-0.1, -0.05) is 60.7 Å². The van der Waals surface area contributed by atoms with Gasteiger partial charge in [-0.05, 0) is 37.3 Å².